The fourth-order valence-electron chi connectivity index (χ4n) is 1.50. The lowest BCUT2D eigenvalue weighted by molar-refractivity contribution is 0.285. The van der Waals surface area contributed by atoms with Crippen molar-refractivity contribution in [2.24, 2.45) is 5.73 Å². The van der Waals surface area contributed by atoms with Crippen LogP contribution in [0.4, 0.5) is 0 Å². The summed E-state index contributed by atoms with van der Waals surface area (Å²) in [5.74, 6) is 0. The maximum absolute atomic E-state index is 5.64. The van der Waals surface area contributed by atoms with E-state index in [1.807, 2.05) is 0 Å². The Morgan fingerprint density at radius 3 is 2.38 bits per heavy atom. The van der Waals surface area contributed by atoms with Crippen molar-refractivity contribution in [3.05, 3.63) is 0 Å². The zero-order valence-electron chi connectivity index (χ0n) is 9.05. The molecule has 0 aliphatic carbocycles. The molecule has 0 aromatic heterocycles. The van der Waals surface area contributed by atoms with Gasteiger partial charge in [-0.2, -0.15) is 0 Å². The Balaban J connectivity index is 3.77. The van der Waals surface area contributed by atoms with Gasteiger partial charge in [0, 0.05) is 0 Å². The number of unbranched alkanes of at least 4 members (excludes halogenated alkanes) is 2. The molecule has 0 radical (unpaired) electrons. The minimum absolute atomic E-state index is 0.284. The summed E-state index contributed by atoms with van der Waals surface area (Å²) in [6, 6.07) is 0.284. The molecule has 0 spiro atoms. The van der Waals surface area contributed by atoms with Gasteiger partial charge in [-0.05, 0) is 26.4 Å². The Morgan fingerprint density at radius 1 is 1.38 bits per heavy atom. The average Bonchev–Trinajstić information content (AvgIpc) is 2.05. The molecule has 13 heavy (non-hydrogen) atoms. The molecular formula is C10H22N2S. The Kier molecular flexibility index (Phi) is 7.19. The molecule has 0 saturated carbocycles. The second-order valence-electron chi connectivity index (χ2n) is 3.51. The highest BCUT2D eigenvalue weighted by molar-refractivity contribution is 7.80. The lowest BCUT2D eigenvalue weighted by Crippen LogP contribution is -2.41. The number of rotatable bonds is 7. The number of nitrogens with two attached hydrogens (primary N) is 1. The van der Waals surface area contributed by atoms with Gasteiger partial charge < -0.3 is 5.73 Å². The molecule has 0 aliphatic heterocycles. The number of hydrogen-bond donors (Lipinski definition) is 1. The third kappa shape index (κ3) is 5.21. The smallest absolute Gasteiger partial charge is 0.0901 e. The quantitative estimate of drug-likeness (QED) is 0.507. The molecule has 1 unspecified atom stereocenters. The van der Waals surface area contributed by atoms with E-state index in [2.05, 4.69) is 25.8 Å². The van der Waals surface area contributed by atoms with Crippen LogP contribution in [0.3, 0.4) is 0 Å². The summed E-state index contributed by atoms with van der Waals surface area (Å²) < 4.78 is 0. The number of likely N-dealkylation sites (N-methyl/N-ethyl adjacent to an activating group) is 1. The zero-order chi connectivity index (χ0) is 10.3. The summed E-state index contributed by atoms with van der Waals surface area (Å²) in [5, 5.41) is 0. The van der Waals surface area contributed by atoms with Crippen LogP contribution in [0.1, 0.15) is 39.5 Å². The fourth-order valence-corrected chi connectivity index (χ4v) is 1.84. The van der Waals surface area contributed by atoms with E-state index in [9.17, 15) is 0 Å². The zero-order valence-corrected chi connectivity index (χ0v) is 9.86. The molecule has 0 heterocycles. The maximum atomic E-state index is 5.64. The fraction of sp³-hybridized carbons (Fsp3) is 0.900. The van der Waals surface area contributed by atoms with E-state index in [4.69, 9.17) is 18.0 Å². The molecule has 3 heteroatoms. The van der Waals surface area contributed by atoms with E-state index in [1.54, 1.807) is 0 Å². The average molecular weight is 202 g/mol. The lowest BCUT2D eigenvalue weighted by Gasteiger charge is -2.25. The van der Waals surface area contributed by atoms with Crippen molar-refractivity contribution in [1.29, 1.82) is 0 Å². The van der Waals surface area contributed by atoms with Crippen LogP contribution >= 0.6 is 12.2 Å². The van der Waals surface area contributed by atoms with Crippen LogP contribution in [0.5, 0.6) is 0 Å². The van der Waals surface area contributed by atoms with Gasteiger partial charge in [-0.25, -0.2) is 0 Å². The molecule has 0 bridgehead atoms. The second-order valence-corrected chi connectivity index (χ2v) is 3.99. The Hall–Kier alpha value is -0.150. The summed E-state index contributed by atoms with van der Waals surface area (Å²) in [5.41, 5.74) is 5.64. The first-order valence-corrected chi connectivity index (χ1v) is 5.53. The predicted molar refractivity (Wildman–Crippen MR) is 63.0 cm³/mol. The number of thiocarbonyl (C=S) groups is 1. The van der Waals surface area contributed by atoms with Gasteiger partial charge in [-0.3, -0.25) is 4.90 Å². The van der Waals surface area contributed by atoms with Crippen LogP contribution < -0.4 is 5.73 Å². The van der Waals surface area contributed by atoms with Crippen LogP contribution in [-0.2, 0) is 0 Å². The molecule has 78 valence electrons. The first-order valence-electron chi connectivity index (χ1n) is 5.13. The molecule has 2 nitrogen and oxygen atoms in total. The largest absolute Gasteiger partial charge is 0.392 e. The van der Waals surface area contributed by atoms with E-state index < -0.39 is 0 Å². The van der Waals surface area contributed by atoms with Gasteiger partial charge in [0.1, 0.15) is 0 Å². The van der Waals surface area contributed by atoms with Crippen LogP contribution in [0.15, 0.2) is 0 Å². The first-order chi connectivity index (χ1) is 6.13. The van der Waals surface area contributed by atoms with Gasteiger partial charge in [0.15, 0.2) is 0 Å². The third-order valence-corrected chi connectivity index (χ3v) is 2.63. The first kappa shape index (κ1) is 12.8. The van der Waals surface area contributed by atoms with E-state index in [-0.39, 0.29) is 6.04 Å². The van der Waals surface area contributed by atoms with Gasteiger partial charge in [-0.1, -0.05) is 38.9 Å². The SMILES string of the molecule is CCCCCN(C)C(CC)C(N)=S. The molecule has 0 amide bonds. The molecule has 1 atom stereocenters. The lowest BCUT2D eigenvalue weighted by atomic mass is 10.1. The van der Waals surface area contributed by atoms with Crippen molar-refractivity contribution < 1.29 is 0 Å². The van der Waals surface area contributed by atoms with Crippen molar-refractivity contribution in [2.45, 2.75) is 45.6 Å². The van der Waals surface area contributed by atoms with E-state index >= 15 is 0 Å². The number of nitrogens with zero attached hydrogens (tertiary/aromatic N) is 1. The minimum atomic E-state index is 0.284. The van der Waals surface area contributed by atoms with Crippen LogP contribution in [0.25, 0.3) is 0 Å². The highest BCUT2D eigenvalue weighted by atomic mass is 32.1. The van der Waals surface area contributed by atoms with E-state index in [1.165, 1.54) is 19.3 Å². The van der Waals surface area contributed by atoms with Gasteiger partial charge in [-0.15, -0.1) is 0 Å². The van der Waals surface area contributed by atoms with Crippen LogP contribution in [0, 0.1) is 0 Å². The summed E-state index contributed by atoms with van der Waals surface area (Å²) in [4.78, 5) is 2.89. The maximum Gasteiger partial charge on any atom is 0.0901 e. The second kappa shape index (κ2) is 7.27. The molecule has 0 fully saturated rings. The molecule has 0 aromatic rings. The number of hydrogen-bond acceptors (Lipinski definition) is 2. The summed E-state index contributed by atoms with van der Waals surface area (Å²) in [6.07, 6.45) is 4.81. The molecule has 0 rings (SSSR count). The topological polar surface area (TPSA) is 29.3 Å². The van der Waals surface area contributed by atoms with Gasteiger partial charge >= 0.3 is 0 Å². The normalized spacial score (nSPS) is 13.2. The highest BCUT2D eigenvalue weighted by Gasteiger charge is 2.14. The molecular weight excluding hydrogens is 180 g/mol. The van der Waals surface area contributed by atoms with Crippen molar-refractivity contribution >= 4 is 17.2 Å². The predicted octanol–water partition coefficient (Wildman–Crippen LogP) is 2.17. The summed E-state index contributed by atoms with van der Waals surface area (Å²) in [7, 11) is 2.10. The Labute approximate surface area is 87.5 Å². The Bertz CT molecular complexity index is 148. The monoisotopic (exact) mass is 202 g/mol. The molecule has 0 aliphatic rings. The van der Waals surface area contributed by atoms with Gasteiger partial charge in [0.2, 0.25) is 0 Å². The Morgan fingerprint density at radius 2 is 2.00 bits per heavy atom. The van der Waals surface area contributed by atoms with E-state index in [0.717, 1.165) is 13.0 Å². The van der Waals surface area contributed by atoms with Crippen LogP contribution in [-0.4, -0.2) is 29.5 Å². The summed E-state index contributed by atoms with van der Waals surface area (Å²) >= 11 is 5.01. The van der Waals surface area contributed by atoms with Gasteiger partial charge in [0.05, 0.1) is 11.0 Å². The summed E-state index contributed by atoms with van der Waals surface area (Å²) in [6.45, 7) is 5.44. The molecule has 0 saturated heterocycles. The molecule has 0 aromatic carbocycles. The van der Waals surface area contributed by atoms with Crippen LogP contribution in [0.2, 0.25) is 0 Å². The third-order valence-electron chi connectivity index (χ3n) is 2.36. The van der Waals surface area contributed by atoms with Crippen molar-refractivity contribution in [1.82, 2.24) is 4.90 Å². The van der Waals surface area contributed by atoms with E-state index in [0.29, 0.717) is 4.99 Å². The van der Waals surface area contributed by atoms with Crippen molar-refractivity contribution in [3.8, 4) is 0 Å². The standard InChI is InChI=1S/C10H22N2S/c1-4-6-7-8-12(3)9(5-2)10(11)13/h9H,4-8H2,1-3H3,(H2,11,13). The van der Waals surface area contributed by atoms with Crippen molar-refractivity contribution in [2.75, 3.05) is 13.6 Å². The molecule has 2 N–H and O–H groups in total. The highest BCUT2D eigenvalue weighted by Crippen LogP contribution is 2.04. The minimum Gasteiger partial charge on any atom is -0.392 e. The van der Waals surface area contributed by atoms with Crippen molar-refractivity contribution in [3.63, 3.8) is 0 Å². The van der Waals surface area contributed by atoms with Gasteiger partial charge in [0.25, 0.3) is 0 Å².